The number of rotatable bonds is 4. The minimum Gasteiger partial charge on any atom is -0.258 e. The zero-order valence-electron chi connectivity index (χ0n) is 8.26. The van der Waals surface area contributed by atoms with Gasteiger partial charge in [-0.2, -0.15) is 0 Å². The van der Waals surface area contributed by atoms with Crippen LogP contribution in [-0.4, -0.2) is 9.81 Å². The van der Waals surface area contributed by atoms with Crippen LogP contribution in [-0.2, 0) is 6.42 Å². The molecular weight excluding hydrogens is 226 g/mol. The average molecular weight is 242 g/mol. The molecule has 1 nitrogen and oxygen atoms in total. The molecule has 2 heteroatoms. The lowest BCUT2D eigenvalue weighted by atomic mass is 10.1. The molecule has 1 heterocycles. The van der Waals surface area contributed by atoms with Crippen molar-refractivity contribution >= 4 is 15.9 Å². The molecule has 1 atom stereocenters. The second-order valence-corrected chi connectivity index (χ2v) is 4.66. The van der Waals surface area contributed by atoms with Crippen LogP contribution < -0.4 is 0 Å². The first-order chi connectivity index (χ1) is 6.22. The van der Waals surface area contributed by atoms with Gasteiger partial charge >= 0.3 is 0 Å². The van der Waals surface area contributed by atoms with Gasteiger partial charge in [-0.15, -0.1) is 0 Å². The predicted octanol–water partition coefficient (Wildman–Crippen LogP) is 3.50. The Morgan fingerprint density at radius 1 is 1.46 bits per heavy atom. The third kappa shape index (κ3) is 3.90. The quantitative estimate of drug-likeness (QED) is 0.736. The second kappa shape index (κ2) is 5.38. The van der Waals surface area contributed by atoms with Gasteiger partial charge in [-0.3, -0.25) is 4.98 Å². The van der Waals surface area contributed by atoms with Crippen molar-refractivity contribution in [3.63, 3.8) is 0 Å². The van der Waals surface area contributed by atoms with E-state index in [1.54, 1.807) is 0 Å². The molecule has 0 aliphatic rings. The minimum atomic E-state index is 0.576. The largest absolute Gasteiger partial charge is 0.258 e. The summed E-state index contributed by atoms with van der Waals surface area (Å²) in [5.41, 5.74) is 2.30. The summed E-state index contributed by atoms with van der Waals surface area (Å²) in [6.45, 7) is 4.24. The van der Waals surface area contributed by atoms with E-state index in [0.29, 0.717) is 4.83 Å². The molecular formula is C11H16BrN. The Kier molecular flexibility index (Phi) is 4.43. The summed E-state index contributed by atoms with van der Waals surface area (Å²) in [7, 11) is 0. The molecule has 1 unspecified atom stereocenters. The molecule has 0 N–H and O–H groups in total. The normalized spacial score (nSPS) is 12.8. The van der Waals surface area contributed by atoms with E-state index in [2.05, 4.69) is 40.0 Å². The van der Waals surface area contributed by atoms with Gasteiger partial charge in [0, 0.05) is 22.6 Å². The first-order valence-corrected chi connectivity index (χ1v) is 5.70. The Balaban J connectivity index is 2.53. The van der Waals surface area contributed by atoms with Crippen molar-refractivity contribution in [2.75, 3.05) is 0 Å². The molecule has 72 valence electrons. The van der Waals surface area contributed by atoms with E-state index in [0.717, 1.165) is 12.1 Å². The smallest absolute Gasteiger partial charge is 0.0417 e. The van der Waals surface area contributed by atoms with Crippen molar-refractivity contribution in [1.29, 1.82) is 0 Å². The monoisotopic (exact) mass is 241 g/mol. The molecule has 0 amide bonds. The van der Waals surface area contributed by atoms with Crippen LogP contribution in [0.1, 0.15) is 31.2 Å². The number of pyridine rings is 1. The molecule has 0 aromatic carbocycles. The zero-order valence-corrected chi connectivity index (χ0v) is 9.84. The minimum absolute atomic E-state index is 0.576. The molecule has 1 aromatic rings. The number of aryl methyl sites for hydroxylation is 1. The topological polar surface area (TPSA) is 12.9 Å². The number of alkyl halides is 1. The number of aromatic nitrogens is 1. The molecule has 0 saturated carbocycles. The molecule has 0 bridgehead atoms. The molecule has 13 heavy (non-hydrogen) atoms. The molecule has 0 radical (unpaired) electrons. The fraction of sp³-hybridized carbons (Fsp3) is 0.545. The fourth-order valence-corrected chi connectivity index (χ4v) is 2.14. The average Bonchev–Trinajstić information content (AvgIpc) is 2.04. The molecule has 1 aromatic heterocycles. The number of nitrogens with zero attached hydrogens (tertiary/aromatic N) is 1. The van der Waals surface area contributed by atoms with Crippen molar-refractivity contribution in [2.45, 2.75) is 37.9 Å². The highest BCUT2D eigenvalue weighted by Crippen LogP contribution is 2.13. The highest BCUT2D eigenvalue weighted by molar-refractivity contribution is 9.09. The number of halogens is 1. The van der Waals surface area contributed by atoms with Gasteiger partial charge < -0.3 is 0 Å². The van der Waals surface area contributed by atoms with E-state index in [4.69, 9.17) is 0 Å². The van der Waals surface area contributed by atoms with Gasteiger partial charge in [-0.05, 0) is 25.5 Å². The highest BCUT2D eigenvalue weighted by atomic mass is 79.9. The maximum Gasteiger partial charge on any atom is 0.0417 e. The lowest BCUT2D eigenvalue weighted by Gasteiger charge is -2.07. The van der Waals surface area contributed by atoms with Crippen LogP contribution in [0.5, 0.6) is 0 Å². The van der Waals surface area contributed by atoms with Crippen LogP contribution in [0.15, 0.2) is 18.2 Å². The van der Waals surface area contributed by atoms with E-state index >= 15 is 0 Å². The van der Waals surface area contributed by atoms with Crippen LogP contribution in [0.3, 0.4) is 0 Å². The van der Waals surface area contributed by atoms with E-state index in [1.165, 1.54) is 18.5 Å². The van der Waals surface area contributed by atoms with Gasteiger partial charge in [0.05, 0.1) is 0 Å². The number of hydrogen-bond donors (Lipinski definition) is 0. The summed E-state index contributed by atoms with van der Waals surface area (Å²) in [5, 5.41) is 0. The lowest BCUT2D eigenvalue weighted by molar-refractivity contribution is 0.733. The van der Waals surface area contributed by atoms with Crippen molar-refractivity contribution in [2.24, 2.45) is 0 Å². The van der Waals surface area contributed by atoms with Gasteiger partial charge in [0.25, 0.3) is 0 Å². The third-order valence-corrected chi connectivity index (χ3v) is 2.76. The van der Waals surface area contributed by atoms with Crippen molar-refractivity contribution in [3.8, 4) is 0 Å². The van der Waals surface area contributed by atoms with E-state index in [9.17, 15) is 0 Å². The fourth-order valence-electron chi connectivity index (χ4n) is 1.36. The van der Waals surface area contributed by atoms with Crippen LogP contribution in [0, 0.1) is 6.92 Å². The predicted molar refractivity (Wildman–Crippen MR) is 60.3 cm³/mol. The van der Waals surface area contributed by atoms with Crippen molar-refractivity contribution in [1.82, 2.24) is 4.98 Å². The van der Waals surface area contributed by atoms with Gasteiger partial charge in [0.15, 0.2) is 0 Å². The summed E-state index contributed by atoms with van der Waals surface area (Å²) in [4.78, 5) is 5.04. The van der Waals surface area contributed by atoms with Gasteiger partial charge in [0.1, 0.15) is 0 Å². The van der Waals surface area contributed by atoms with Crippen molar-refractivity contribution < 1.29 is 0 Å². The zero-order chi connectivity index (χ0) is 9.68. The van der Waals surface area contributed by atoms with Crippen LogP contribution in [0.2, 0.25) is 0 Å². The van der Waals surface area contributed by atoms with E-state index in [-0.39, 0.29) is 0 Å². The SMILES string of the molecule is CCCC(Br)Cc1cccc(C)n1. The van der Waals surface area contributed by atoms with Crippen LogP contribution in [0.25, 0.3) is 0 Å². The second-order valence-electron chi connectivity index (χ2n) is 3.36. The third-order valence-electron chi connectivity index (χ3n) is 1.98. The first-order valence-electron chi connectivity index (χ1n) is 4.79. The summed E-state index contributed by atoms with van der Waals surface area (Å²) in [5.74, 6) is 0. The molecule has 0 saturated heterocycles. The molecule has 1 rings (SSSR count). The highest BCUT2D eigenvalue weighted by Gasteiger charge is 2.04. The Morgan fingerprint density at radius 2 is 2.23 bits per heavy atom. The van der Waals surface area contributed by atoms with Gasteiger partial charge in [-0.1, -0.05) is 35.3 Å². The molecule has 0 aliphatic carbocycles. The summed E-state index contributed by atoms with van der Waals surface area (Å²) in [6.07, 6.45) is 3.48. The van der Waals surface area contributed by atoms with Crippen LogP contribution in [0.4, 0.5) is 0 Å². The maximum absolute atomic E-state index is 4.47. The standard InChI is InChI=1S/C11H16BrN/c1-3-5-10(12)8-11-7-4-6-9(2)13-11/h4,6-7,10H,3,5,8H2,1-2H3. The first kappa shape index (κ1) is 10.7. The van der Waals surface area contributed by atoms with E-state index in [1.807, 2.05) is 13.0 Å². The summed E-state index contributed by atoms with van der Waals surface area (Å²) < 4.78 is 0. The summed E-state index contributed by atoms with van der Waals surface area (Å²) in [6, 6.07) is 6.20. The lowest BCUT2D eigenvalue weighted by Crippen LogP contribution is -2.04. The Labute approximate surface area is 88.7 Å². The maximum atomic E-state index is 4.47. The molecule has 0 fully saturated rings. The van der Waals surface area contributed by atoms with Crippen molar-refractivity contribution in [3.05, 3.63) is 29.6 Å². The number of hydrogen-bond acceptors (Lipinski definition) is 1. The summed E-state index contributed by atoms with van der Waals surface area (Å²) >= 11 is 3.66. The van der Waals surface area contributed by atoms with Gasteiger partial charge in [0.2, 0.25) is 0 Å². The van der Waals surface area contributed by atoms with Gasteiger partial charge in [-0.25, -0.2) is 0 Å². The Morgan fingerprint density at radius 3 is 2.85 bits per heavy atom. The van der Waals surface area contributed by atoms with Crippen LogP contribution >= 0.6 is 15.9 Å². The Bertz CT molecular complexity index is 260. The molecule has 0 spiro atoms. The Hall–Kier alpha value is -0.370. The van der Waals surface area contributed by atoms with E-state index < -0.39 is 0 Å². The molecule has 0 aliphatic heterocycles.